The number of ether oxygens (including phenoxy) is 3. The van der Waals surface area contributed by atoms with Crippen LogP contribution >= 0.6 is 11.8 Å². The van der Waals surface area contributed by atoms with E-state index in [0.29, 0.717) is 22.0 Å². The number of methoxy groups -OCH3 is 1. The third-order valence-electron chi connectivity index (χ3n) is 3.18. The minimum atomic E-state index is -0.474. The van der Waals surface area contributed by atoms with Gasteiger partial charge in [0.05, 0.1) is 18.1 Å². The number of hydrogen-bond donors (Lipinski definition) is 0. The Balaban J connectivity index is 2.13. The molecule has 0 spiro atoms. The predicted molar refractivity (Wildman–Crippen MR) is 93.5 cm³/mol. The van der Waals surface area contributed by atoms with Crippen molar-refractivity contribution < 1.29 is 28.6 Å². The lowest BCUT2D eigenvalue weighted by Crippen LogP contribution is -2.22. The number of esters is 1. The average Bonchev–Trinajstić information content (AvgIpc) is 2.80. The molecule has 2 rings (SSSR count). The van der Waals surface area contributed by atoms with Gasteiger partial charge in [0.1, 0.15) is 0 Å². The first-order valence-corrected chi connectivity index (χ1v) is 8.35. The van der Waals surface area contributed by atoms with Gasteiger partial charge in [0.2, 0.25) is 0 Å². The summed E-state index contributed by atoms with van der Waals surface area (Å²) in [6.07, 6.45) is 1.39. The number of carbonyl (C=O) groups is 3. The van der Waals surface area contributed by atoms with Crippen molar-refractivity contribution in [2.45, 2.75) is 20.0 Å². The Hall–Kier alpha value is -2.48. The lowest BCUT2D eigenvalue weighted by atomic mass is 10.2. The van der Waals surface area contributed by atoms with E-state index in [1.54, 1.807) is 38.1 Å². The zero-order valence-corrected chi connectivity index (χ0v) is 15.2. The zero-order valence-electron chi connectivity index (χ0n) is 14.4. The van der Waals surface area contributed by atoms with Crippen LogP contribution < -0.4 is 9.47 Å². The van der Waals surface area contributed by atoms with Crippen LogP contribution in [0, 0.1) is 0 Å². The Morgan fingerprint density at radius 1 is 1.28 bits per heavy atom. The first-order valence-electron chi connectivity index (χ1n) is 7.53. The molecular weight excluding hydrogens is 346 g/mol. The summed E-state index contributed by atoms with van der Waals surface area (Å²) in [4.78, 5) is 36.4. The van der Waals surface area contributed by atoms with Crippen molar-refractivity contribution in [3.63, 3.8) is 0 Å². The quantitative estimate of drug-likeness (QED) is 0.566. The van der Waals surface area contributed by atoms with E-state index in [-0.39, 0.29) is 23.9 Å². The normalized spacial score (nSPS) is 15.9. The van der Waals surface area contributed by atoms with Crippen LogP contribution in [0.5, 0.6) is 11.5 Å². The standard InChI is InChI=1S/C17H19NO6S/c1-10(2)24-15(19)9-23-12-6-5-11(7-13(12)22-4)8-14-16(20)18(3)17(21)25-14/h5-8,10H,9H2,1-4H3/b14-8-. The third kappa shape index (κ3) is 4.76. The molecule has 25 heavy (non-hydrogen) atoms. The molecule has 0 atom stereocenters. The van der Waals surface area contributed by atoms with Gasteiger partial charge in [-0.15, -0.1) is 0 Å². The second kappa shape index (κ2) is 8.06. The van der Waals surface area contributed by atoms with E-state index in [2.05, 4.69) is 0 Å². The molecule has 2 amide bonds. The van der Waals surface area contributed by atoms with E-state index in [9.17, 15) is 14.4 Å². The van der Waals surface area contributed by atoms with Crippen LogP contribution in [0.15, 0.2) is 23.1 Å². The molecular formula is C17H19NO6S. The largest absolute Gasteiger partial charge is 0.493 e. The van der Waals surface area contributed by atoms with Gasteiger partial charge in [0.25, 0.3) is 11.1 Å². The molecule has 0 aliphatic carbocycles. The highest BCUT2D eigenvalue weighted by atomic mass is 32.2. The third-order valence-corrected chi connectivity index (χ3v) is 4.15. The maximum atomic E-state index is 11.9. The van der Waals surface area contributed by atoms with Crippen LogP contribution in [0.2, 0.25) is 0 Å². The van der Waals surface area contributed by atoms with Crippen molar-refractivity contribution >= 4 is 35.0 Å². The summed E-state index contributed by atoms with van der Waals surface area (Å²) in [5.74, 6) is -0.0331. The molecule has 1 saturated heterocycles. The van der Waals surface area contributed by atoms with Gasteiger partial charge in [-0.25, -0.2) is 4.79 Å². The lowest BCUT2D eigenvalue weighted by molar-refractivity contribution is -0.149. The number of imide groups is 1. The molecule has 0 bridgehead atoms. The highest BCUT2D eigenvalue weighted by Crippen LogP contribution is 2.33. The van der Waals surface area contributed by atoms with Gasteiger partial charge in [-0.2, -0.15) is 0 Å². The lowest BCUT2D eigenvalue weighted by Gasteiger charge is -2.12. The molecule has 1 aromatic rings. The highest BCUT2D eigenvalue weighted by molar-refractivity contribution is 8.18. The topological polar surface area (TPSA) is 82.1 Å². The van der Waals surface area contributed by atoms with E-state index in [0.717, 1.165) is 16.7 Å². The fourth-order valence-corrected chi connectivity index (χ4v) is 2.85. The summed E-state index contributed by atoms with van der Waals surface area (Å²) < 4.78 is 15.7. The summed E-state index contributed by atoms with van der Waals surface area (Å²) in [6, 6.07) is 4.99. The summed E-state index contributed by atoms with van der Waals surface area (Å²) in [6.45, 7) is 3.28. The Morgan fingerprint density at radius 3 is 2.56 bits per heavy atom. The van der Waals surface area contributed by atoms with E-state index < -0.39 is 5.97 Å². The molecule has 1 aromatic carbocycles. The van der Waals surface area contributed by atoms with E-state index in [1.165, 1.54) is 14.2 Å². The average molecular weight is 365 g/mol. The van der Waals surface area contributed by atoms with Crippen LogP contribution in [-0.4, -0.2) is 48.9 Å². The molecule has 0 N–H and O–H groups in total. The van der Waals surface area contributed by atoms with Crippen LogP contribution in [0.1, 0.15) is 19.4 Å². The Morgan fingerprint density at radius 2 is 2.00 bits per heavy atom. The van der Waals surface area contributed by atoms with Crippen LogP contribution in [0.3, 0.4) is 0 Å². The molecule has 134 valence electrons. The number of benzene rings is 1. The molecule has 1 heterocycles. The summed E-state index contributed by atoms with van der Waals surface area (Å²) in [7, 11) is 2.91. The maximum Gasteiger partial charge on any atom is 0.344 e. The van der Waals surface area contributed by atoms with Gasteiger partial charge in [0.15, 0.2) is 18.1 Å². The van der Waals surface area contributed by atoms with Gasteiger partial charge in [-0.05, 0) is 49.4 Å². The SMILES string of the molecule is COc1cc(/C=C2\SC(=O)N(C)C2=O)ccc1OCC(=O)OC(C)C. The van der Waals surface area contributed by atoms with Crippen molar-refractivity contribution in [1.82, 2.24) is 4.90 Å². The number of amides is 2. The molecule has 0 saturated carbocycles. The number of thioether (sulfide) groups is 1. The van der Waals surface area contributed by atoms with Gasteiger partial charge < -0.3 is 14.2 Å². The highest BCUT2D eigenvalue weighted by Gasteiger charge is 2.31. The zero-order chi connectivity index (χ0) is 18.6. The fraction of sp³-hybridized carbons (Fsp3) is 0.353. The summed E-state index contributed by atoms with van der Waals surface area (Å²) >= 11 is 0.879. The Kier molecular flexibility index (Phi) is 6.08. The van der Waals surface area contributed by atoms with E-state index >= 15 is 0 Å². The molecule has 8 heteroatoms. The number of rotatable bonds is 6. The van der Waals surface area contributed by atoms with Crippen LogP contribution in [0.4, 0.5) is 4.79 Å². The van der Waals surface area contributed by atoms with Crippen molar-refractivity contribution in [2.75, 3.05) is 20.8 Å². The van der Waals surface area contributed by atoms with E-state index in [1.807, 2.05) is 0 Å². The number of hydrogen-bond acceptors (Lipinski definition) is 7. The molecule has 1 aliphatic heterocycles. The predicted octanol–water partition coefficient (Wildman–Crippen LogP) is 2.69. The number of nitrogens with zero attached hydrogens (tertiary/aromatic N) is 1. The molecule has 1 aliphatic rings. The minimum absolute atomic E-state index is 0.214. The van der Waals surface area contributed by atoms with Gasteiger partial charge in [-0.3, -0.25) is 14.5 Å². The van der Waals surface area contributed by atoms with Crippen LogP contribution in [0.25, 0.3) is 6.08 Å². The maximum absolute atomic E-state index is 11.9. The van der Waals surface area contributed by atoms with Crippen molar-refractivity contribution in [2.24, 2.45) is 0 Å². The second-order valence-corrected chi connectivity index (χ2v) is 6.47. The molecule has 0 radical (unpaired) electrons. The fourth-order valence-electron chi connectivity index (χ4n) is 2.02. The van der Waals surface area contributed by atoms with E-state index in [4.69, 9.17) is 14.2 Å². The summed E-state index contributed by atoms with van der Waals surface area (Å²) in [5.41, 5.74) is 0.674. The molecule has 0 aromatic heterocycles. The van der Waals surface area contributed by atoms with Crippen molar-refractivity contribution in [3.8, 4) is 11.5 Å². The summed E-state index contributed by atoms with van der Waals surface area (Å²) in [5, 5.41) is -0.313. The second-order valence-electron chi connectivity index (χ2n) is 5.48. The van der Waals surface area contributed by atoms with Gasteiger partial charge in [0, 0.05) is 7.05 Å². The molecule has 0 unspecified atom stereocenters. The van der Waals surface area contributed by atoms with Gasteiger partial charge in [-0.1, -0.05) is 6.07 Å². The Bertz CT molecular complexity index is 728. The van der Waals surface area contributed by atoms with Crippen molar-refractivity contribution in [3.05, 3.63) is 28.7 Å². The molecule has 7 nitrogen and oxygen atoms in total. The smallest absolute Gasteiger partial charge is 0.344 e. The first kappa shape index (κ1) is 18.9. The molecule has 1 fully saturated rings. The Labute approximate surface area is 149 Å². The van der Waals surface area contributed by atoms with Gasteiger partial charge >= 0.3 is 5.97 Å². The monoisotopic (exact) mass is 365 g/mol. The minimum Gasteiger partial charge on any atom is -0.493 e. The van der Waals surface area contributed by atoms with Crippen molar-refractivity contribution in [1.29, 1.82) is 0 Å². The number of carbonyl (C=O) groups excluding carboxylic acids is 3. The number of likely N-dealkylation sites (N-methyl/N-ethyl adjacent to an activating group) is 1. The first-order chi connectivity index (χ1) is 11.8. The van der Waals surface area contributed by atoms with Crippen LogP contribution in [-0.2, 0) is 14.3 Å².